The summed E-state index contributed by atoms with van der Waals surface area (Å²) in [5.74, 6) is 0.317. The van der Waals surface area contributed by atoms with Gasteiger partial charge in [-0.25, -0.2) is 4.32 Å². The number of halogens is 1. The van der Waals surface area contributed by atoms with Crippen LogP contribution in [-0.2, 0) is 0 Å². The summed E-state index contributed by atoms with van der Waals surface area (Å²) in [4.78, 5) is 0. The Bertz CT molecular complexity index is 190. The van der Waals surface area contributed by atoms with Gasteiger partial charge in [-0.1, -0.05) is 18.2 Å². The summed E-state index contributed by atoms with van der Waals surface area (Å²) in [5, 5.41) is 8.12. The monoisotopic (exact) mass is 140 g/mol. The van der Waals surface area contributed by atoms with Crippen molar-refractivity contribution in [2.45, 2.75) is 0 Å². The van der Waals surface area contributed by atoms with Crippen molar-refractivity contribution >= 4 is 7.40 Å². The summed E-state index contributed by atoms with van der Waals surface area (Å²) in [5.41, 5.74) is 0. The Hall–Kier alpha value is -1.03. The molecule has 0 heterocycles. The molecular weight excluding hydrogens is 134 g/mol. The zero-order valence-electron chi connectivity index (χ0n) is 5.20. The first-order valence-electron chi connectivity index (χ1n) is 2.83. The normalized spacial score (nSPS) is 9.00. The molecule has 2 nitrogen and oxygen atoms in total. The van der Waals surface area contributed by atoms with Crippen LogP contribution in [0.5, 0.6) is 5.75 Å². The zero-order valence-corrected chi connectivity index (χ0v) is 5.20. The molecule has 4 heteroatoms. The zero-order chi connectivity index (χ0) is 7.40. The highest BCUT2D eigenvalue weighted by Crippen LogP contribution is 2.08. The van der Waals surface area contributed by atoms with Gasteiger partial charge in [-0.05, 0) is 12.1 Å². The summed E-state index contributed by atoms with van der Waals surface area (Å²) in [7, 11) is -2.23. The second kappa shape index (κ2) is 3.22. The number of rotatable bonds is 2. The highest BCUT2D eigenvalue weighted by Gasteiger charge is 2.12. The molecule has 0 bridgehead atoms. The number of hydrogen-bond acceptors (Lipinski definition) is 2. The molecule has 0 aliphatic heterocycles. The van der Waals surface area contributed by atoms with Gasteiger partial charge >= 0.3 is 7.40 Å². The van der Waals surface area contributed by atoms with Crippen molar-refractivity contribution in [3.05, 3.63) is 30.3 Å². The third kappa shape index (κ3) is 2.07. The highest BCUT2D eigenvalue weighted by molar-refractivity contribution is 6.34. The molecular formula is C6H6BFO2. The Kier molecular flexibility index (Phi) is 2.28. The number of hydrogen-bond donors (Lipinski definition) is 1. The van der Waals surface area contributed by atoms with Crippen LogP contribution < -0.4 is 4.65 Å². The Balaban J connectivity index is 2.59. The lowest BCUT2D eigenvalue weighted by Crippen LogP contribution is -2.14. The maximum Gasteiger partial charge on any atom is 0.751 e. The molecule has 1 rings (SSSR count). The first kappa shape index (κ1) is 7.09. The number of benzene rings is 1. The minimum Gasteiger partial charge on any atom is -0.509 e. The minimum atomic E-state index is -2.23. The standard InChI is InChI=1S/C6H6BFO2/c8-7(9)10-6-4-2-1-3-5-6/h1-5,9H. The molecule has 0 amide bonds. The van der Waals surface area contributed by atoms with Crippen molar-refractivity contribution in [2.24, 2.45) is 0 Å². The van der Waals surface area contributed by atoms with E-state index in [2.05, 4.69) is 4.65 Å². The van der Waals surface area contributed by atoms with Gasteiger partial charge in [0, 0.05) is 0 Å². The molecule has 10 heavy (non-hydrogen) atoms. The van der Waals surface area contributed by atoms with E-state index in [-0.39, 0.29) is 0 Å². The van der Waals surface area contributed by atoms with E-state index < -0.39 is 7.40 Å². The predicted octanol–water partition coefficient (Wildman–Crippen LogP) is 1.01. The second-order valence-electron chi connectivity index (χ2n) is 1.72. The summed E-state index contributed by atoms with van der Waals surface area (Å²) >= 11 is 0. The van der Waals surface area contributed by atoms with Crippen LogP contribution in [0.3, 0.4) is 0 Å². The molecule has 0 radical (unpaired) electrons. The van der Waals surface area contributed by atoms with E-state index in [1.165, 1.54) is 0 Å². The largest absolute Gasteiger partial charge is 0.751 e. The topological polar surface area (TPSA) is 29.5 Å². The van der Waals surface area contributed by atoms with Gasteiger partial charge in [0.15, 0.2) is 0 Å². The van der Waals surface area contributed by atoms with Crippen LogP contribution in [0.25, 0.3) is 0 Å². The van der Waals surface area contributed by atoms with E-state index in [1.54, 1.807) is 30.3 Å². The van der Waals surface area contributed by atoms with Gasteiger partial charge in [0.1, 0.15) is 5.75 Å². The first-order valence-corrected chi connectivity index (χ1v) is 2.83. The van der Waals surface area contributed by atoms with E-state index in [9.17, 15) is 4.32 Å². The molecule has 0 aromatic heterocycles. The number of para-hydroxylation sites is 1. The Morgan fingerprint density at radius 2 is 1.90 bits per heavy atom. The fourth-order valence-electron chi connectivity index (χ4n) is 0.611. The van der Waals surface area contributed by atoms with Gasteiger partial charge in [-0.15, -0.1) is 0 Å². The molecule has 0 unspecified atom stereocenters. The van der Waals surface area contributed by atoms with Gasteiger partial charge in [-0.3, -0.25) is 0 Å². The van der Waals surface area contributed by atoms with Gasteiger partial charge in [0.05, 0.1) is 0 Å². The highest BCUT2D eigenvalue weighted by atomic mass is 19.1. The lowest BCUT2D eigenvalue weighted by atomic mass is 10.3. The molecule has 0 atom stereocenters. The SMILES string of the molecule is OB(F)Oc1ccccc1. The minimum absolute atomic E-state index is 0.317. The van der Waals surface area contributed by atoms with E-state index in [1.807, 2.05) is 0 Å². The van der Waals surface area contributed by atoms with Gasteiger partial charge < -0.3 is 9.68 Å². The van der Waals surface area contributed by atoms with Crippen molar-refractivity contribution in [2.75, 3.05) is 0 Å². The van der Waals surface area contributed by atoms with Crippen molar-refractivity contribution in [3.63, 3.8) is 0 Å². The van der Waals surface area contributed by atoms with Crippen LogP contribution in [0, 0.1) is 0 Å². The molecule has 1 N–H and O–H groups in total. The third-order valence-corrected chi connectivity index (χ3v) is 0.977. The molecule has 0 saturated carbocycles. The van der Waals surface area contributed by atoms with Crippen LogP contribution in [0.4, 0.5) is 4.32 Å². The molecule has 52 valence electrons. The van der Waals surface area contributed by atoms with E-state index in [0.717, 1.165) is 0 Å². The molecule has 0 aliphatic carbocycles. The fraction of sp³-hybridized carbons (Fsp3) is 0. The van der Waals surface area contributed by atoms with Crippen LogP contribution in [-0.4, -0.2) is 12.4 Å². The van der Waals surface area contributed by atoms with Gasteiger partial charge in [0.25, 0.3) is 0 Å². The van der Waals surface area contributed by atoms with Crippen LogP contribution in [0.15, 0.2) is 30.3 Å². The molecule has 0 fully saturated rings. The van der Waals surface area contributed by atoms with Crippen molar-refractivity contribution in [1.82, 2.24) is 0 Å². The van der Waals surface area contributed by atoms with Gasteiger partial charge in [0.2, 0.25) is 0 Å². The smallest absolute Gasteiger partial charge is 0.509 e. The van der Waals surface area contributed by atoms with E-state index in [0.29, 0.717) is 5.75 Å². The lowest BCUT2D eigenvalue weighted by molar-refractivity contribution is 0.350. The second-order valence-corrected chi connectivity index (χ2v) is 1.72. The average molecular weight is 140 g/mol. The first-order chi connectivity index (χ1) is 4.79. The summed E-state index contributed by atoms with van der Waals surface area (Å²) in [6.45, 7) is 0. The van der Waals surface area contributed by atoms with Crippen LogP contribution in [0.1, 0.15) is 0 Å². The van der Waals surface area contributed by atoms with Gasteiger partial charge in [-0.2, -0.15) is 0 Å². The predicted molar refractivity (Wildman–Crippen MR) is 36.2 cm³/mol. The maximum absolute atomic E-state index is 11.7. The third-order valence-electron chi connectivity index (χ3n) is 0.977. The molecule has 1 aromatic carbocycles. The van der Waals surface area contributed by atoms with Crippen LogP contribution in [0.2, 0.25) is 0 Å². The lowest BCUT2D eigenvalue weighted by Gasteiger charge is -2.00. The Morgan fingerprint density at radius 1 is 1.30 bits per heavy atom. The Labute approximate surface area is 58.4 Å². The molecule has 0 saturated heterocycles. The van der Waals surface area contributed by atoms with E-state index >= 15 is 0 Å². The molecule has 1 aromatic rings. The molecule has 0 spiro atoms. The van der Waals surface area contributed by atoms with E-state index in [4.69, 9.17) is 5.02 Å². The van der Waals surface area contributed by atoms with Crippen molar-refractivity contribution in [1.29, 1.82) is 0 Å². The summed E-state index contributed by atoms with van der Waals surface area (Å²) < 4.78 is 16.0. The van der Waals surface area contributed by atoms with Crippen LogP contribution >= 0.6 is 0 Å². The molecule has 0 aliphatic rings. The Morgan fingerprint density at radius 3 is 2.40 bits per heavy atom. The summed E-state index contributed by atoms with van der Waals surface area (Å²) in [6, 6.07) is 8.28. The summed E-state index contributed by atoms with van der Waals surface area (Å²) in [6.07, 6.45) is 0. The maximum atomic E-state index is 11.7. The fourth-order valence-corrected chi connectivity index (χ4v) is 0.611. The van der Waals surface area contributed by atoms with Crippen molar-refractivity contribution < 1.29 is 14.0 Å². The average Bonchev–Trinajstić information content (AvgIpc) is 1.88. The van der Waals surface area contributed by atoms with Crippen molar-refractivity contribution in [3.8, 4) is 5.75 Å². The quantitative estimate of drug-likeness (QED) is 0.621.